The number of pyridine rings is 1. The van der Waals surface area contributed by atoms with Gasteiger partial charge in [-0.3, -0.25) is 14.6 Å². The zero-order chi connectivity index (χ0) is 13.0. The molecular weight excluding hydrogens is 248 g/mol. The Balaban J connectivity index is 2.38. The lowest BCUT2D eigenvalue weighted by atomic mass is 10.2. The molecule has 0 aliphatic carbocycles. The number of rotatable bonds is 4. The van der Waals surface area contributed by atoms with E-state index in [1.807, 2.05) is 12.1 Å². The van der Waals surface area contributed by atoms with Crippen LogP contribution in [0.25, 0.3) is 10.4 Å². The summed E-state index contributed by atoms with van der Waals surface area (Å²) in [5, 5.41) is 2.60. The van der Waals surface area contributed by atoms with Crippen LogP contribution in [0.15, 0.2) is 43.2 Å². The highest BCUT2D eigenvalue weighted by Crippen LogP contribution is 2.33. The maximum absolute atomic E-state index is 11.2. The van der Waals surface area contributed by atoms with Gasteiger partial charge in [-0.05, 0) is 18.2 Å². The summed E-state index contributed by atoms with van der Waals surface area (Å²) in [4.78, 5) is 27.6. The van der Waals surface area contributed by atoms with Gasteiger partial charge < -0.3 is 5.32 Å². The highest BCUT2D eigenvalue weighted by molar-refractivity contribution is 7.17. The topological polar surface area (TPSA) is 59.1 Å². The average Bonchev–Trinajstić information content (AvgIpc) is 2.82. The van der Waals surface area contributed by atoms with Gasteiger partial charge in [-0.1, -0.05) is 12.6 Å². The zero-order valence-corrected chi connectivity index (χ0v) is 10.2. The smallest absolute Gasteiger partial charge is 0.247 e. The summed E-state index contributed by atoms with van der Waals surface area (Å²) in [7, 11) is 0. The van der Waals surface area contributed by atoms with Gasteiger partial charge in [0.05, 0.1) is 10.6 Å². The van der Waals surface area contributed by atoms with Gasteiger partial charge in [0.15, 0.2) is 6.29 Å². The van der Waals surface area contributed by atoms with E-state index in [-0.39, 0.29) is 5.91 Å². The highest BCUT2D eigenvalue weighted by Gasteiger charge is 2.11. The molecule has 2 rings (SSSR count). The molecule has 0 saturated heterocycles. The monoisotopic (exact) mass is 258 g/mol. The number of nitrogens with one attached hydrogen (secondary N) is 1. The Morgan fingerprint density at radius 1 is 1.50 bits per heavy atom. The van der Waals surface area contributed by atoms with E-state index in [9.17, 15) is 9.59 Å². The molecule has 4 nitrogen and oxygen atoms in total. The van der Waals surface area contributed by atoms with Crippen LogP contribution in [-0.4, -0.2) is 17.2 Å². The SMILES string of the molecule is C=CC(=O)Nc1cc(-c2cccnc2)sc1C=O. The number of nitrogens with zero attached hydrogens (tertiary/aromatic N) is 1. The third kappa shape index (κ3) is 2.52. The zero-order valence-electron chi connectivity index (χ0n) is 9.42. The van der Waals surface area contributed by atoms with Crippen LogP contribution in [0, 0.1) is 0 Å². The van der Waals surface area contributed by atoms with Gasteiger partial charge >= 0.3 is 0 Å². The summed E-state index contributed by atoms with van der Waals surface area (Å²) < 4.78 is 0. The maximum atomic E-state index is 11.2. The Morgan fingerprint density at radius 2 is 2.33 bits per heavy atom. The summed E-state index contributed by atoms with van der Waals surface area (Å²) in [6, 6.07) is 5.47. The Morgan fingerprint density at radius 3 is 2.94 bits per heavy atom. The Bertz CT molecular complexity index is 590. The van der Waals surface area contributed by atoms with Crippen molar-refractivity contribution in [1.29, 1.82) is 0 Å². The van der Waals surface area contributed by atoms with E-state index >= 15 is 0 Å². The van der Waals surface area contributed by atoms with Gasteiger partial charge in [0, 0.05) is 22.8 Å². The van der Waals surface area contributed by atoms with Gasteiger partial charge in [-0.25, -0.2) is 0 Å². The molecule has 0 radical (unpaired) electrons. The van der Waals surface area contributed by atoms with Crippen molar-refractivity contribution in [1.82, 2.24) is 4.98 Å². The van der Waals surface area contributed by atoms with Gasteiger partial charge in [0.1, 0.15) is 0 Å². The number of anilines is 1. The van der Waals surface area contributed by atoms with Crippen molar-refractivity contribution in [3.8, 4) is 10.4 Å². The van der Waals surface area contributed by atoms with Gasteiger partial charge in [0.2, 0.25) is 5.91 Å². The first-order valence-corrected chi connectivity index (χ1v) is 5.99. The lowest BCUT2D eigenvalue weighted by Gasteiger charge is -1.98. The van der Waals surface area contributed by atoms with E-state index in [0.29, 0.717) is 10.6 Å². The van der Waals surface area contributed by atoms with Crippen LogP contribution in [0.1, 0.15) is 9.67 Å². The van der Waals surface area contributed by atoms with E-state index < -0.39 is 0 Å². The van der Waals surface area contributed by atoms with E-state index in [1.165, 1.54) is 11.3 Å². The molecule has 90 valence electrons. The van der Waals surface area contributed by atoms with Gasteiger partial charge in [0.25, 0.3) is 0 Å². The number of carbonyl (C=O) groups is 2. The van der Waals surface area contributed by atoms with E-state index in [4.69, 9.17) is 0 Å². The second-order valence-electron chi connectivity index (χ2n) is 3.44. The Kier molecular flexibility index (Phi) is 3.64. The van der Waals surface area contributed by atoms with Crippen LogP contribution in [0.3, 0.4) is 0 Å². The molecule has 0 atom stereocenters. The van der Waals surface area contributed by atoms with Crippen LogP contribution < -0.4 is 5.32 Å². The number of hydrogen-bond donors (Lipinski definition) is 1. The summed E-state index contributed by atoms with van der Waals surface area (Å²) in [5.74, 6) is -0.339. The molecule has 18 heavy (non-hydrogen) atoms. The molecule has 2 aromatic rings. The number of aldehydes is 1. The van der Waals surface area contributed by atoms with E-state index in [0.717, 1.165) is 22.8 Å². The van der Waals surface area contributed by atoms with Crippen molar-refractivity contribution >= 4 is 29.2 Å². The van der Waals surface area contributed by atoms with Crippen molar-refractivity contribution < 1.29 is 9.59 Å². The van der Waals surface area contributed by atoms with Crippen LogP contribution in [-0.2, 0) is 4.79 Å². The highest BCUT2D eigenvalue weighted by atomic mass is 32.1. The second kappa shape index (κ2) is 5.37. The molecule has 0 fully saturated rings. The van der Waals surface area contributed by atoms with E-state index in [1.54, 1.807) is 18.5 Å². The molecule has 0 aliphatic heterocycles. The molecule has 2 aromatic heterocycles. The van der Waals surface area contributed by atoms with Gasteiger partial charge in [-0.15, -0.1) is 11.3 Å². The summed E-state index contributed by atoms with van der Waals surface area (Å²) in [6.07, 6.45) is 5.27. The molecule has 2 heterocycles. The van der Waals surface area contributed by atoms with Crippen molar-refractivity contribution in [2.24, 2.45) is 0 Å². The minimum absolute atomic E-state index is 0.339. The molecule has 0 aliphatic rings. The van der Waals surface area contributed by atoms with Crippen molar-refractivity contribution in [2.75, 3.05) is 5.32 Å². The number of amides is 1. The first-order chi connectivity index (χ1) is 8.74. The summed E-state index contributed by atoms with van der Waals surface area (Å²) >= 11 is 1.31. The second-order valence-corrected chi connectivity index (χ2v) is 4.53. The Labute approximate surface area is 108 Å². The van der Waals surface area contributed by atoms with Crippen molar-refractivity contribution in [3.05, 3.63) is 48.1 Å². The fraction of sp³-hybridized carbons (Fsp3) is 0. The average molecular weight is 258 g/mol. The summed E-state index contributed by atoms with van der Waals surface area (Å²) in [6.45, 7) is 3.37. The fourth-order valence-corrected chi connectivity index (χ4v) is 2.35. The first-order valence-electron chi connectivity index (χ1n) is 5.17. The molecule has 5 heteroatoms. The largest absolute Gasteiger partial charge is 0.321 e. The molecule has 0 saturated carbocycles. The number of aromatic nitrogens is 1. The van der Waals surface area contributed by atoms with Crippen LogP contribution in [0.2, 0.25) is 0 Å². The minimum atomic E-state index is -0.339. The molecule has 1 amide bonds. The lowest BCUT2D eigenvalue weighted by Crippen LogP contribution is -2.07. The molecular formula is C13H10N2O2S. The number of thiophene rings is 1. The normalized spacial score (nSPS) is 9.78. The fourth-order valence-electron chi connectivity index (χ4n) is 1.42. The third-order valence-corrected chi connectivity index (χ3v) is 3.37. The van der Waals surface area contributed by atoms with Crippen molar-refractivity contribution in [2.45, 2.75) is 0 Å². The molecule has 0 bridgehead atoms. The minimum Gasteiger partial charge on any atom is -0.321 e. The van der Waals surface area contributed by atoms with Gasteiger partial charge in [-0.2, -0.15) is 0 Å². The van der Waals surface area contributed by atoms with Crippen LogP contribution >= 0.6 is 11.3 Å². The molecule has 1 N–H and O–H groups in total. The van der Waals surface area contributed by atoms with E-state index in [2.05, 4.69) is 16.9 Å². The predicted molar refractivity (Wildman–Crippen MR) is 71.8 cm³/mol. The Hall–Kier alpha value is -2.27. The lowest BCUT2D eigenvalue weighted by molar-refractivity contribution is -0.111. The predicted octanol–water partition coefficient (Wildman–Crippen LogP) is 2.75. The third-order valence-electron chi connectivity index (χ3n) is 2.26. The summed E-state index contributed by atoms with van der Waals surface area (Å²) in [5.41, 5.74) is 1.41. The van der Waals surface area contributed by atoms with Crippen molar-refractivity contribution in [3.63, 3.8) is 0 Å². The first kappa shape index (κ1) is 12.2. The quantitative estimate of drug-likeness (QED) is 0.677. The number of carbonyl (C=O) groups excluding carboxylic acids is 2. The molecule has 0 unspecified atom stereocenters. The molecule has 0 spiro atoms. The maximum Gasteiger partial charge on any atom is 0.247 e. The number of hydrogen-bond acceptors (Lipinski definition) is 4. The van der Waals surface area contributed by atoms with Crippen LogP contribution in [0.5, 0.6) is 0 Å². The molecule has 0 aromatic carbocycles. The standard InChI is InChI=1S/C13H10N2O2S/c1-2-13(17)15-10-6-11(18-12(10)8-16)9-4-3-5-14-7-9/h2-8H,1H2,(H,15,17). The van der Waals surface area contributed by atoms with Crippen LogP contribution in [0.4, 0.5) is 5.69 Å².